The Hall–Kier alpha value is -1.20. The molecule has 18 heavy (non-hydrogen) atoms. The normalized spacial score (nSPS) is 10.7. The van der Waals surface area contributed by atoms with Crippen LogP contribution >= 0.6 is 23.4 Å². The number of nitrogens with zero attached hydrogens (tertiary/aromatic N) is 2. The van der Waals surface area contributed by atoms with Crippen molar-refractivity contribution < 1.29 is 8.78 Å². The molecule has 6 heteroatoms. The molecule has 0 aliphatic carbocycles. The van der Waals surface area contributed by atoms with Gasteiger partial charge in [-0.1, -0.05) is 23.4 Å². The van der Waals surface area contributed by atoms with Gasteiger partial charge < -0.3 is 0 Å². The Labute approximate surface area is 112 Å². The van der Waals surface area contributed by atoms with Crippen molar-refractivity contribution in [3.63, 3.8) is 0 Å². The van der Waals surface area contributed by atoms with Gasteiger partial charge in [-0.15, -0.1) is 0 Å². The van der Waals surface area contributed by atoms with Crippen LogP contribution in [0.4, 0.5) is 8.78 Å². The van der Waals surface area contributed by atoms with Gasteiger partial charge in [-0.2, -0.15) is 0 Å². The maximum Gasteiger partial charge on any atom is 0.137 e. The number of aromatic nitrogens is 2. The van der Waals surface area contributed by atoms with Gasteiger partial charge in [0.1, 0.15) is 27.6 Å². The predicted molar refractivity (Wildman–Crippen MR) is 67.0 cm³/mol. The highest BCUT2D eigenvalue weighted by Crippen LogP contribution is 2.33. The Morgan fingerprint density at radius 2 is 1.89 bits per heavy atom. The summed E-state index contributed by atoms with van der Waals surface area (Å²) in [6.45, 7) is 3.43. The van der Waals surface area contributed by atoms with Crippen LogP contribution in [0.3, 0.4) is 0 Å². The molecule has 0 bridgehead atoms. The van der Waals surface area contributed by atoms with Gasteiger partial charge in [0.2, 0.25) is 0 Å². The first-order valence-corrected chi connectivity index (χ1v) is 6.30. The van der Waals surface area contributed by atoms with Crippen LogP contribution in [0.2, 0.25) is 5.15 Å². The Kier molecular flexibility index (Phi) is 3.82. The van der Waals surface area contributed by atoms with E-state index in [1.807, 2.05) is 0 Å². The van der Waals surface area contributed by atoms with E-state index in [0.717, 1.165) is 30.0 Å². The average Bonchev–Trinajstić information content (AvgIpc) is 2.30. The molecule has 0 radical (unpaired) electrons. The maximum atomic E-state index is 13.5. The van der Waals surface area contributed by atoms with Crippen LogP contribution in [-0.4, -0.2) is 9.97 Å². The lowest BCUT2D eigenvalue weighted by Crippen LogP contribution is -1.95. The van der Waals surface area contributed by atoms with Crippen molar-refractivity contribution in [2.24, 2.45) is 0 Å². The first-order valence-electron chi connectivity index (χ1n) is 5.11. The first kappa shape index (κ1) is 13.2. The van der Waals surface area contributed by atoms with E-state index in [1.165, 1.54) is 0 Å². The molecule has 94 valence electrons. The van der Waals surface area contributed by atoms with Crippen molar-refractivity contribution in [1.29, 1.82) is 0 Å². The fourth-order valence-corrected chi connectivity index (χ4v) is 2.57. The predicted octanol–water partition coefficient (Wildman–Crippen LogP) is 4.18. The van der Waals surface area contributed by atoms with Crippen LogP contribution in [0.15, 0.2) is 28.1 Å². The van der Waals surface area contributed by atoms with Crippen molar-refractivity contribution in [1.82, 2.24) is 9.97 Å². The highest BCUT2D eigenvalue weighted by Gasteiger charge is 2.12. The Morgan fingerprint density at radius 1 is 1.17 bits per heavy atom. The molecule has 0 unspecified atom stereocenters. The molecule has 0 N–H and O–H groups in total. The van der Waals surface area contributed by atoms with Gasteiger partial charge in [0.15, 0.2) is 0 Å². The molecule has 0 spiro atoms. The zero-order chi connectivity index (χ0) is 13.3. The van der Waals surface area contributed by atoms with Crippen LogP contribution in [0.1, 0.15) is 11.4 Å². The summed E-state index contributed by atoms with van der Waals surface area (Å²) < 4.78 is 26.6. The van der Waals surface area contributed by atoms with E-state index in [0.29, 0.717) is 21.6 Å². The fraction of sp³-hybridized carbons (Fsp3) is 0.167. The molecule has 0 aliphatic heterocycles. The maximum absolute atomic E-state index is 13.5. The summed E-state index contributed by atoms with van der Waals surface area (Å²) in [6.07, 6.45) is 0. The van der Waals surface area contributed by atoms with Gasteiger partial charge in [0.05, 0.1) is 4.90 Å². The number of rotatable bonds is 2. The molecule has 0 saturated carbocycles. The average molecular weight is 287 g/mol. The molecule has 0 amide bonds. The van der Waals surface area contributed by atoms with E-state index >= 15 is 0 Å². The van der Waals surface area contributed by atoms with E-state index in [4.69, 9.17) is 11.6 Å². The molecular formula is C12H9ClF2N2S. The van der Waals surface area contributed by atoms with E-state index in [9.17, 15) is 8.78 Å². The standard InChI is InChI=1S/C12H9ClF2N2S/c1-6-11(13)16-7(2)17-12(6)18-10-5-8(14)3-4-9(10)15/h3-5H,1-2H3. The third-order valence-corrected chi connectivity index (χ3v) is 3.75. The van der Waals surface area contributed by atoms with Crippen LogP contribution in [0, 0.1) is 25.5 Å². The molecule has 2 rings (SSSR count). The summed E-state index contributed by atoms with van der Waals surface area (Å²) >= 11 is 6.96. The summed E-state index contributed by atoms with van der Waals surface area (Å²) in [7, 11) is 0. The number of halogens is 3. The molecule has 0 saturated heterocycles. The minimum atomic E-state index is -0.492. The third-order valence-electron chi connectivity index (χ3n) is 2.25. The molecule has 1 heterocycles. The second kappa shape index (κ2) is 5.20. The molecule has 1 aromatic heterocycles. The highest BCUT2D eigenvalue weighted by atomic mass is 35.5. The Balaban J connectivity index is 2.43. The lowest BCUT2D eigenvalue weighted by molar-refractivity contribution is 0.577. The summed E-state index contributed by atoms with van der Waals surface area (Å²) in [4.78, 5) is 8.34. The van der Waals surface area contributed by atoms with Crippen molar-refractivity contribution in [2.75, 3.05) is 0 Å². The van der Waals surface area contributed by atoms with E-state index < -0.39 is 11.6 Å². The van der Waals surface area contributed by atoms with Crippen LogP contribution in [0.25, 0.3) is 0 Å². The van der Waals surface area contributed by atoms with Crippen LogP contribution in [0.5, 0.6) is 0 Å². The minimum absolute atomic E-state index is 0.173. The number of benzene rings is 1. The lowest BCUT2D eigenvalue weighted by Gasteiger charge is -2.07. The second-order valence-electron chi connectivity index (χ2n) is 3.67. The number of aryl methyl sites for hydroxylation is 1. The third kappa shape index (κ3) is 2.79. The molecule has 2 nitrogen and oxygen atoms in total. The van der Waals surface area contributed by atoms with Crippen molar-refractivity contribution >= 4 is 23.4 Å². The van der Waals surface area contributed by atoms with Crippen LogP contribution in [-0.2, 0) is 0 Å². The second-order valence-corrected chi connectivity index (χ2v) is 5.06. The molecular weight excluding hydrogens is 278 g/mol. The number of hydrogen-bond acceptors (Lipinski definition) is 3. The molecule has 0 atom stereocenters. The molecule has 0 fully saturated rings. The molecule has 1 aromatic carbocycles. The van der Waals surface area contributed by atoms with Gasteiger partial charge in [-0.05, 0) is 32.0 Å². The van der Waals surface area contributed by atoms with Crippen molar-refractivity contribution in [3.8, 4) is 0 Å². The van der Waals surface area contributed by atoms with Gasteiger partial charge in [-0.3, -0.25) is 0 Å². The molecule has 2 aromatic rings. The summed E-state index contributed by atoms with van der Waals surface area (Å²) in [5, 5.41) is 0.846. The zero-order valence-corrected chi connectivity index (χ0v) is 11.2. The van der Waals surface area contributed by atoms with E-state index in [1.54, 1.807) is 13.8 Å². The summed E-state index contributed by atoms with van der Waals surface area (Å²) in [5.74, 6) is -0.494. The zero-order valence-electron chi connectivity index (χ0n) is 9.67. The SMILES string of the molecule is Cc1nc(Cl)c(C)c(Sc2cc(F)ccc2F)n1. The van der Waals surface area contributed by atoms with Gasteiger partial charge in [0.25, 0.3) is 0 Å². The highest BCUT2D eigenvalue weighted by molar-refractivity contribution is 7.99. The molecule has 0 aliphatic rings. The van der Waals surface area contributed by atoms with Gasteiger partial charge in [-0.25, -0.2) is 18.7 Å². The topological polar surface area (TPSA) is 25.8 Å². The van der Waals surface area contributed by atoms with E-state index in [-0.39, 0.29) is 4.90 Å². The van der Waals surface area contributed by atoms with Gasteiger partial charge in [0, 0.05) is 5.56 Å². The van der Waals surface area contributed by atoms with Crippen molar-refractivity contribution in [2.45, 2.75) is 23.8 Å². The Bertz CT molecular complexity index is 605. The number of hydrogen-bond donors (Lipinski definition) is 0. The summed E-state index contributed by atoms with van der Waals surface area (Å²) in [5.41, 5.74) is 0.649. The van der Waals surface area contributed by atoms with Crippen molar-refractivity contribution in [3.05, 3.63) is 46.4 Å². The van der Waals surface area contributed by atoms with Crippen LogP contribution < -0.4 is 0 Å². The lowest BCUT2D eigenvalue weighted by atomic mass is 10.3. The summed E-state index contributed by atoms with van der Waals surface area (Å²) in [6, 6.07) is 3.29. The van der Waals surface area contributed by atoms with Gasteiger partial charge >= 0.3 is 0 Å². The largest absolute Gasteiger partial charge is 0.226 e. The smallest absolute Gasteiger partial charge is 0.137 e. The van der Waals surface area contributed by atoms with E-state index in [2.05, 4.69) is 9.97 Å². The monoisotopic (exact) mass is 286 g/mol. The Morgan fingerprint density at radius 3 is 2.61 bits per heavy atom. The first-order chi connectivity index (χ1) is 8.47. The minimum Gasteiger partial charge on any atom is -0.226 e. The fourth-order valence-electron chi connectivity index (χ4n) is 1.33. The quantitative estimate of drug-likeness (QED) is 0.775.